The summed E-state index contributed by atoms with van der Waals surface area (Å²) >= 11 is 0. The molecule has 182 valence electrons. The van der Waals surface area contributed by atoms with Gasteiger partial charge in [0.25, 0.3) is 0 Å². The lowest BCUT2D eigenvalue weighted by molar-refractivity contribution is -0.228. The van der Waals surface area contributed by atoms with Gasteiger partial charge in [-0.25, -0.2) is 8.78 Å². The zero-order chi connectivity index (χ0) is 24.6. The van der Waals surface area contributed by atoms with E-state index in [1.807, 2.05) is 0 Å². The molecule has 0 radical (unpaired) electrons. The Hall–Kier alpha value is -1.93. The van der Waals surface area contributed by atoms with Crippen molar-refractivity contribution in [1.82, 2.24) is 0 Å². The number of fused-ring (bicyclic) bond motifs is 5. The van der Waals surface area contributed by atoms with Crippen molar-refractivity contribution >= 4 is 17.5 Å². The number of alkyl halides is 1. The lowest BCUT2D eigenvalue weighted by Crippen LogP contribution is -2.70. The van der Waals surface area contributed by atoms with Gasteiger partial charge in [-0.3, -0.25) is 14.4 Å². The first-order chi connectivity index (χ1) is 15.3. The second kappa shape index (κ2) is 7.54. The van der Waals surface area contributed by atoms with Crippen LogP contribution in [-0.4, -0.2) is 51.7 Å². The zero-order valence-electron chi connectivity index (χ0n) is 19.5. The second-order valence-electron chi connectivity index (χ2n) is 10.6. The van der Waals surface area contributed by atoms with Crippen LogP contribution in [0.3, 0.4) is 0 Å². The number of hydrogen-bond acceptors (Lipinski definition) is 6. The molecular formula is C25H32F2O6. The molecule has 4 rings (SSSR count). The molecule has 4 aliphatic carbocycles. The summed E-state index contributed by atoms with van der Waals surface area (Å²) in [5.41, 5.74) is -6.53. The number of aliphatic hydroxyl groups excluding tert-OH is 2. The van der Waals surface area contributed by atoms with Gasteiger partial charge in [0, 0.05) is 29.1 Å². The topological polar surface area (TPSA) is 101 Å². The molecule has 8 heteroatoms. The fourth-order valence-electron chi connectivity index (χ4n) is 7.85. The smallest absolute Gasteiger partial charge is 0.306 e. The molecule has 0 saturated heterocycles. The molecule has 0 heterocycles. The van der Waals surface area contributed by atoms with E-state index in [1.165, 1.54) is 13.0 Å². The number of aliphatic hydroxyl groups is 2. The van der Waals surface area contributed by atoms with Gasteiger partial charge in [0.2, 0.25) is 11.6 Å². The van der Waals surface area contributed by atoms with E-state index in [-0.39, 0.29) is 31.3 Å². The Morgan fingerprint density at radius 2 is 1.94 bits per heavy atom. The van der Waals surface area contributed by atoms with Crippen molar-refractivity contribution < 1.29 is 38.1 Å². The molecule has 0 spiro atoms. The number of hydrogen-bond donors (Lipinski definition) is 2. The van der Waals surface area contributed by atoms with Gasteiger partial charge in [0.05, 0.1) is 6.10 Å². The minimum Gasteiger partial charge on any atom is -0.450 e. The van der Waals surface area contributed by atoms with Crippen molar-refractivity contribution in [2.24, 2.45) is 28.6 Å². The van der Waals surface area contributed by atoms with Crippen LogP contribution in [0.5, 0.6) is 0 Å². The number of allylic oxidation sites excluding steroid dienone is 4. The highest BCUT2D eigenvalue weighted by Gasteiger charge is 2.77. The maximum atomic E-state index is 17.2. The van der Waals surface area contributed by atoms with Gasteiger partial charge >= 0.3 is 5.97 Å². The highest BCUT2D eigenvalue weighted by molar-refractivity contribution is 6.04. The molecule has 6 nitrogen and oxygen atoms in total. The van der Waals surface area contributed by atoms with Crippen molar-refractivity contribution in [1.29, 1.82) is 0 Å². The molecule has 0 amide bonds. The minimum absolute atomic E-state index is 0.0251. The average Bonchev–Trinajstić information content (AvgIpc) is 2.99. The summed E-state index contributed by atoms with van der Waals surface area (Å²) in [6.45, 7) is 5.76. The molecule has 3 fully saturated rings. The third-order valence-electron chi connectivity index (χ3n) is 9.39. The van der Waals surface area contributed by atoms with E-state index in [4.69, 9.17) is 4.74 Å². The van der Waals surface area contributed by atoms with Crippen LogP contribution in [0.4, 0.5) is 8.78 Å². The summed E-state index contributed by atoms with van der Waals surface area (Å²) in [7, 11) is 0. The number of ether oxygens (including phenoxy) is 1. The van der Waals surface area contributed by atoms with Gasteiger partial charge in [-0.1, -0.05) is 26.8 Å². The highest BCUT2D eigenvalue weighted by atomic mass is 19.1. The van der Waals surface area contributed by atoms with E-state index in [9.17, 15) is 29.0 Å². The molecule has 0 bridgehead atoms. The fourth-order valence-corrected chi connectivity index (χ4v) is 7.85. The average molecular weight is 467 g/mol. The summed E-state index contributed by atoms with van der Waals surface area (Å²) in [6.07, 6.45) is 1.30. The van der Waals surface area contributed by atoms with Crippen LogP contribution in [0.15, 0.2) is 23.6 Å². The Labute approximate surface area is 192 Å². The third kappa shape index (κ3) is 2.74. The SMILES string of the molecule is CCC(=O)O[C@]1(C(=O)CO)[C@@H](C)C[C@H]2[C@@H]3CCC4=C(F)C(=O)C=C[C@]4(C)[C@@]3(F)[C@@H](O)C[C@@]21C. The van der Waals surface area contributed by atoms with Crippen LogP contribution >= 0.6 is 0 Å². The number of halogens is 2. The first-order valence-electron chi connectivity index (χ1n) is 11.7. The maximum absolute atomic E-state index is 17.2. The normalized spacial score (nSPS) is 46.5. The molecule has 8 atom stereocenters. The number of rotatable bonds is 4. The van der Waals surface area contributed by atoms with Gasteiger partial charge in [0.1, 0.15) is 6.61 Å². The van der Waals surface area contributed by atoms with Crippen molar-refractivity contribution in [2.75, 3.05) is 6.61 Å². The van der Waals surface area contributed by atoms with Crippen LogP contribution in [0.1, 0.15) is 59.8 Å². The molecule has 0 aliphatic heterocycles. The Bertz CT molecular complexity index is 974. The summed E-state index contributed by atoms with van der Waals surface area (Å²) in [5, 5.41) is 21.1. The number of carbonyl (C=O) groups excluding carboxylic acids is 3. The van der Waals surface area contributed by atoms with E-state index in [2.05, 4.69) is 0 Å². The Balaban J connectivity index is 1.87. The van der Waals surface area contributed by atoms with Crippen LogP contribution in [0.25, 0.3) is 0 Å². The molecule has 0 aromatic heterocycles. The van der Waals surface area contributed by atoms with E-state index in [1.54, 1.807) is 20.8 Å². The van der Waals surface area contributed by atoms with Gasteiger partial charge in [-0.2, -0.15) is 0 Å². The molecule has 2 N–H and O–H groups in total. The van der Waals surface area contributed by atoms with Gasteiger partial charge in [-0.15, -0.1) is 0 Å². The van der Waals surface area contributed by atoms with Crippen molar-refractivity contribution in [3.63, 3.8) is 0 Å². The first-order valence-corrected chi connectivity index (χ1v) is 11.7. The molecule has 4 aliphatic rings. The largest absolute Gasteiger partial charge is 0.450 e. The van der Waals surface area contributed by atoms with Crippen molar-refractivity contribution in [2.45, 2.75) is 77.2 Å². The van der Waals surface area contributed by atoms with Gasteiger partial charge in [-0.05, 0) is 50.2 Å². The predicted molar refractivity (Wildman–Crippen MR) is 114 cm³/mol. The standard InChI is InChI=1S/C25H32F2O6/c1-5-20(32)33-25(19(31)12-28)13(2)10-16-14-6-7-15-21(26)17(29)8-9-22(15,3)24(14,27)18(30)11-23(16,25)4/h8-9,13-14,16,18,28,30H,5-7,10-12H2,1-4H3/t13-,14-,16-,18-,22-,23-,24-,25-/m0/s1. The van der Waals surface area contributed by atoms with Gasteiger partial charge < -0.3 is 14.9 Å². The predicted octanol–water partition coefficient (Wildman–Crippen LogP) is 3.15. The number of ketones is 2. The summed E-state index contributed by atoms with van der Waals surface area (Å²) in [6, 6.07) is 0. The number of carbonyl (C=O) groups is 3. The Morgan fingerprint density at radius 1 is 1.27 bits per heavy atom. The van der Waals surface area contributed by atoms with E-state index in [0.717, 1.165) is 6.08 Å². The molecule has 33 heavy (non-hydrogen) atoms. The summed E-state index contributed by atoms with van der Waals surface area (Å²) in [4.78, 5) is 37.5. The lowest BCUT2D eigenvalue weighted by atomic mass is 9.44. The van der Waals surface area contributed by atoms with E-state index in [0.29, 0.717) is 6.42 Å². The molecule has 0 aromatic carbocycles. The summed E-state index contributed by atoms with van der Waals surface area (Å²) < 4.78 is 37.8. The molecular weight excluding hydrogens is 434 g/mol. The maximum Gasteiger partial charge on any atom is 0.306 e. The van der Waals surface area contributed by atoms with Gasteiger partial charge in [0.15, 0.2) is 17.1 Å². The minimum atomic E-state index is -2.27. The molecule has 0 unspecified atom stereocenters. The summed E-state index contributed by atoms with van der Waals surface area (Å²) in [5.74, 6) is -4.76. The number of esters is 1. The zero-order valence-corrected chi connectivity index (χ0v) is 19.5. The third-order valence-corrected chi connectivity index (χ3v) is 9.39. The highest BCUT2D eigenvalue weighted by Crippen LogP contribution is 2.71. The van der Waals surface area contributed by atoms with Crippen molar-refractivity contribution in [3.8, 4) is 0 Å². The van der Waals surface area contributed by atoms with E-state index < -0.39 is 75.9 Å². The number of Topliss-reactive ketones (excluding diaryl/α,β-unsaturated/α-hetero) is 1. The fraction of sp³-hybridized carbons (Fsp3) is 0.720. The van der Waals surface area contributed by atoms with Crippen LogP contribution < -0.4 is 0 Å². The van der Waals surface area contributed by atoms with E-state index >= 15 is 4.39 Å². The van der Waals surface area contributed by atoms with Crippen LogP contribution in [0, 0.1) is 28.6 Å². The molecule has 0 aromatic rings. The first kappa shape index (κ1) is 24.2. The van der Waals surface area contributed by atoms with Crippen molar-refractivity contribution in [3.05, 3.63) is 23.6 Å². The molecule has 3 saturated carbocycles. The second-order valence-corrected chi connectivity index (χ2v) is 10.6. The van der Waals surface area contributed by atoms with Crippen LogP contribution in [0.2, 0.25) is 0 Å². The monoisotopic (exact) mass is 466 g/mol. The Morgan fingerprint density at radius 3 is 2.55 bits per heavy atom. The quantitative estimate of drug-likeness (QED) is 0.618. The lowest BCUT2D eigenvalue weighted by Gasteiger charge is -2.62. The van der Waals surface area contributed by atoms with Crippen LogP contribution in [-0.2, 0) is 19.1 Å². The Kier molecular flexibility index (Phi) is 5.53.